The summed E-state index contributed by atoms with van der Waals surface area (Å²) in [5.74, 6) is -0.176. The van der Waals surface area contributed by atoms with E-state index in [1.165, 1.54) is 5.56 Å². The molecule has 0 spiro atoms. The van der Waals surface area contributed by atoms with Gasteiger partial charge in [0.1, 0.15) is 0 Å². The number of hydrogen-bond donors (Lipinski definition) is 2. The number of rotatable bonds is 6. The van der Waals surface area contributed by atoms with E-state index in [0.29, 0.717) is 12.3 Å². The molecule has 1 atom stereocenters. The first kappa shape index (κ1) is 15.7. The quantitative estimate of drug-likeness (QED) is 0.827. The minimum atomic E-state index is -0.806. The second kappa shape index (κ2) is 6.20. The lowest BCUT2D eigenvalue weighted by atomic mass is 9.84. The maximum Gasteiger partial charge on any atom is 0.309 e. The fourth-order valence-corrected chi connectivity index (χ4v) is 2.13. The third-order valence-corrected chi connectivity index (χ3v) is 3.36. The summed E-state index contributed by atoms with van der Waals surface area (Å²) in [5.41, 5.74) is 7.61. The molecule has 1 rings (SSSR count). The van der Waals surface area contributed by atoms with Crippen LogP contribution >= 0.6 is 0 Å². The van der Waals surface area contributed by atoms with Gasteiger partial charge in [-0.25, -0.2) is 0 Å². The van der Waals surface area contributed by atoms with E-state index in [1.54, 1.807) is 13.8 Å². The first-order valence-electron chi connectivity index (χ1n) is 6.80. The number of carboxylic acid groups (broad SMARTS) is 1. The standard InChI is InChI=1S/C16H25NO2/c1-11(2)9-12-5-7-13(8-6-12)14(17)10-16(3,4)15(18)19/h5-8,11,14H,9-10,17H2,1-4H3,(H,18,19). The van der Waals surface area contributed by atoms with E-state index in [4.69, 9.17) is 10.8 Å². The number of aliphatic carboxylic acids is 1. The molecule has 0 saturated heterocycles. The largest absolute Gasteiger partial charge is 0.481 e. The average molecular weight is 263 g/mol. The van der Waals surface area contributed by atoms with Crippen molar-refractivity contribution in [2.75, 3.05) is 0 Å². The van der Waals surface area contributed by atoms with Crippen LogP contribution in [0.5, 0.6) is 0 Å². The van der Waals surface area contributed by atoms with Gasteiger partial charge in [-0.2, -0.15) is 0 Å². The van der Waals surface area contributed by atoms with Gasteiger partial charge in [0.2, 0.25) is 0 Å². The number of carboxylic acids is 1. The predicted molar refractivity (Wildman–Crippen MR) is 77.9 cm³/mol. The Kier molecular flexibility index (Phi) is 5.12. The number of hydrogen-bond acceptors (Lipinski definition) is 2. The molecule has 0 aliphatic heterocycles. The zero-order valence-electron chi connectivity index (χ0n) is 12.3. The molecule has 3 N–H and O–H groups in total. The lowest BCUT2D eigenvalue weighted by molar-refractivity contribution is -0.147. The molecule has 0 heterocycles. The summed E-state index contributed by atoms with van der Waals surface area (Å²) < 4.78 is 0. The van der Waals surface area contributed by atoms with E-state index >= 15 is 0 Å². The van der Waals surface area contributed by atoms with Crippen molar-refractivity contribution in [3.63, 3.8) is 0 Å². The van der Waals surface area contributed by atoms with Gasteiger partial charge in [0.25, 0.3) is 0 Å². The van der Waals surface area contributed by atoms with Crippen LogP contribution in [0.1, 0.15) is 51.3 Å². The number of benzene rings is 1. The highest BCUT2D eigenvalue weighted by Gasteiger charge is 2.29. The molecule has 0 aliphatic rings. The van der Waals surface area contributed by atoms with E-state index in [0.717, 1.165) is 12.0 Å². The van der Waals surface area contributed by atoms with E-state index in [9.17, 15) is 4.79 Å². The van der Waals surface area contributed by atoms with Crippen LogP contribution < -0.4 is 5.73 Å². The molecule has 1 unspecified atom stereocenters. The average Bonchev–Trinajstić information content (AvgIpc) is 2.28. The zero-order valence-corrected chi connectivity index (χ0v) is 12.3. The third-order valence-electron chi connectivity index (χ3n) is 3.36. The van der Waals surface area contributed by atoms with Crippen molar-refractivity contribution >= 4 is 5.97 Å². The molecule has 1 aromatic carbocycles. The third kappa shape index (κ3) is 4.67. The monoisotopic (exact) mass is 263 g/mol. The molecule has 0 bridgehead atoms. The lowest BCUT2D eigenvalue weighted by Crippen LogP contribution is -2.28. The van der Waals surface area contributed by atoms with Gasteiger partial charge in [0.15, 0.2) is 0 Å². The van der Waals surface area contributed by atoms with Crippen molar-refractivity contribution in [1.82, 2.24) is 0 Å². The van der Waals surface area contributed by atoms with Gasteiger partial charge in [-0.15, -0.1) is 0 Å². The Bertz CT molecular complexity index is 421. The smallest absolute Gasteiger partial charge is 0.309 e. The van der Waals surface area contributed by atoms with Gasteiger partial charge in [-0.3, -0.25) is 4.79 Å². The Balaban J connectivity index is 2.73. The second-order valence-electron chi connectivity index (χ2n) is 6.34. The van der Waals surface area contributed by atoms with Gasteiger partial charge >= 0.3 is 5.97 Å². The topological polar surface area (TPSA) is 63.3 Å². The first-order valence-corrected chi connectivity index (χ1v) is 6.80. The van der Waals surface area contributed by atoms with E-state index in [1.807, 2.05) is 12.1 Å². The Hall–Kier alpha value is -1.35. The molecule has 0 saturated carbocycles. The molecule has 3 nitrogen and oxygen atoms in total. The predicted octanol–water partition coefficient (Wildman–Crippen LogP) is 3.39. The molecule has 0 aliphatic carbocycles. The van der Waals surface area contributed by atoms with Crippen molar-refractivity contribution in [3.05, 3.63) is 35.4 Å². The Morgan fingerprint density at radius 2 is 1.79 bits per heavy atom. The Morgan fingerprint density at radius 1 is 1.26 bits per heavy atom. The van der Waals surface area contributed by atoms with Crippen molar-refractivity contribution in [2.24, 2.45) is 17.1 Å². The molecular weight excluding hydrogens is 238 g/mol. The lowest BCUT2D eigenvalue weighted by Gasteiger charge is -2.23. The summed E-state index contributed by atoms with van der Waals surface area (Å²) in [4.78, 5) is 11.1. The van der Waals surface area contributed by atoms with Gasteiger partial charge in [0, 0.05) is 6.04 Å². The number of nitrogens with two attached hydrogens (primary N) is 1. The molecule has 0 aromatic heterocycles. The summed E-state index contributed by atoms with van der Waals surface area (Å²) in [7, 11) is 0. The SMILES string of the molecule is CC(C)Cc1ccc(C(N)CC(C)(C)C(=O)O)cc1. The van der Waals surface area contributed by atoms with Crippen molar-refractivity contribution in [1.29, 1.82) is 0 Å². The van der Waals surface area contributed by atoms with Gasteiger partial charge in [-0.05, 0) is 43.7 Å². The fraction of sp³-hybridized carbons (Fsp3) is 0.562. The maximum absolute atomic E-state index is 11.1. The van der Waals surface area contributed by atoms with Crippen LogP contribution in [0.4, 0.5) is 0 Å². The van der Waals surface area contributed by atoms with Crippen LogP contribution in [0, 0.1) is 11.3 Å². The molecule has 1 aromatic rings. The van der Waals surface area contributed by atoms with Crippen LogP contribution in [0.25, 0.3) is 0 Å². The highest BCUT2D eigenvalue weighted by molar-refractivity contribution is 5.73. The van der Waals surface area contributed by atoms with Crippen LogP contribution in [0.2, 0.25) is 0 Å². The summed E-state index contributed by atoms with van der Waals surface area (Å²) in [6.07, 6.45) is 1.49. The molecule has 0 radical (unpaired) electrons. The molecule has 0 amide bonds. The highest BCUT2D eigenvalue weighted by Crippen LogP contribution is 2.29. The normalized spacial score (nSPS) is 13.6. The molecule has 0 fully saturated rings. The second-order valence-corrected chi connectivity index (χ2v) is 6.34. The minimum Gasteiger partial charge on any atom is -0.481 e. The first-order chi connectivity index (χ1) is 8.72. The van der Waals surface area contributed by atoms with Crippen molar-refractivity contribution in [2.45, 2.75) is 46.6 Å². The fourth-order valence-electron chi connectivity index (χ4n) is 2.13. The minimum absolute atomic E-state index is 0.237. The molecule has 3 heteroatoms. The van der Waals surface area contributed by atoms with Crippen LogP contribution in [0.3, 0.4) is 0 Å². The van der Waals surface area contributed by atoms with Gasteiger partial charge in [0.05, 0.1) is 5.41 Å². The van der Waals surface area contributed by atoms with Gasteiger partial charge < -0.3 is 10.8 Å². The van der Waals surface area contributed by atoms with Crippen LogP contribution in [-0.2, 0) is 11.2 Å². The Labute approximate surface area is 115 Å². The number of carbonyl (C=O) groups is 1. The summed E-state index contributed by atoms with van der Waals surface area (Å²) in [6, 6.07) is 7.96. The van der Waals surface area contributed by atoms with Gasteiger partial charge in [-0.1, -0.05) is 38.1 Å². The molecular formula is C16H25NO2. The van der Waals surface area contributed by atoms with Crippen LogP contribution in [0.15, 0.2) is 24.3 Å². The van der Waals surface area contributed by atoms with E-state index in [2.05, 4.69) is 26.0 Å². The summed E-state index contributed by atoms with van der Waals surface area (Å²) in [5, 5.41) is 9.12. The molecule has 19 heavy (non-hydrogen) atoms. The van der Waals surface area contributed by atoms with Crippen molar-refractivity contribution in [3.8, 4) is 0 Å². The van der Waals surface area contributed by atoms with E-state index in [-0.39, 0.29) is 6.04 Å². The maximum atomic E-state index is 11.1. The van der Waals surface area contributed by atoms with Crippen LogP contribution in [-0.4, -0.2) is 11.1 Å². The van der Waals surface area contributed by atoms with Crippen molar-refractivity contribution < 1.29 is 9.90 Å². The van der Waals surface area contributed by atoms with E-state index < -0.39 is 11.4 Å². The zero-order chi connectivity index (χ0) is 14.6. The highest BCUT2D eigenvalue weighted by atomic mass is 16.4. The summed E-state index contributed by atoms with van der Waals surface area (Å²) >= 11 is 0. The molecule has 106 valence electrons. The summed E-state index contributed by atoms with van der Waals surface area (Å²) in [6.45, 7) is 7.80. The Morgan fingerprint density at radius 3 is 2.21 bits per heavy atom.